The lowest BCUT2D eigenvalue weighted by Crippen LogP contribution is -2.00. The molecule has 10 aromatic rings. The minimum atomic E-state index is 0.591. The fourth-order valence-electron chi connectivity index (χ4n) is 6.91. The highest BCUT2D eigenvalue weighted by atomic mass is 16.3. The van der Waals surface area contributed by atoms with E-state index in [1.807, 2.05) is 78.9 Å². The molecule has 49 heavy (non-hydrogen) atoms. The second-order valence-electron chi connectivity index (χ2n) is 12.3. The first-order valence-corrected chi connectivity index (χ1v) is 16.3. The van der Waals surface area contributed by atoms with Crippen molar-refractivity contribution in [3.8, 4) is 45.4 Å². The number of rotatable bonds is 4. The highest BCUT2D eigenvalue weighted by Crippen LogP contribution is 2.41. The Balaban J connectivity index is 1.20. The largest absolute Gasteiger partial charge is 0.455 e. The van der Waals surface area contributed by atoms with Crippen LogP contribution in [-0.4, -0.2) is 19.9 Å². The van der Waals surface area contributed by atoms with Gasteiger partial charge in [-0.25, -0.2) is 19.9 Å². The molecule has 0 atom stereocenters. The van der Waals surface area contributed by atoms with Gasteiger partial charge in [0.25, 0.3) is 0 Å². The number of hydrogen-bond donors (Lipinski definition) is 0. The van der Waals surface area contributed by atoms with Crippen LogP contribution < -0.4 is 0 Å². The van der Waals surface area contributed by atoms with Gasteiger partial charge in [-0.05, 0) is 57.9 Å². The molecule has 0 aliphatic carbocycles. The number of hydrogen-bond acceptors (Lipinski definition) is 5. The highest BCUT2D eigenvalue weighted by molar-refractivity contribution is 6.19. The summed E-state index contributed by atoms with van der Waals surface area (Å²) in [5.41, 5.74) is 7.15. The van der Waals surface area contributed by atoms with E-state index in [1.165, 1.54) is 16.2 Å². The number of benzene rings is 7. The van der Waals surface area contributed by atoms with E-state index < -0.39 is 0 Å². The lowest BCUT2D eigenvalue weighted by atomic mass is 10.00. The van der Waals surface area contributed by atoms with Crippen molar-refractivity contribution in [2.24, 2.45) is 0 Å². The van der Waals surface area contributed by atoms with E-state index in [4.69, 9.17) is 24.4 Å². The Labute approximate surface area is 281 Å². The van der Waals surface area contributed by atoms with Crippen LogP contribution in [0.1, 0.15) is 0 Å². The minimum absolute atomic E-state index is 0.591. The van der Waals surface area contributed by atoms with Gasteiger partial charge in [-0.2, -0.15) is 0 Å². The third kappa shape index (κ3) is 4.55. The van der Waals surface area contributed by atoms with Crippen molar-refractivity contribution in [2.75, 3.05) is 0 Å². The van der Waals surface area contributed by atoms with Crippen LogP contribution in [0.5, 0.6) is 0 Å². The van der Waals surface area contributed by atoms with Gasteiger partial charge in [0.05, 0.1) is 16.6 Å². The van der Waals surface area contributed by atoms with E-state index in [0.29, 0.717) is 17.5 Å². The zero-order chi connectivity index (χ0) is 32.3. The predicted molar refractivity (Wildman–Crippen MR) is 199 cm³/mol. The summed E-state index contributed by atoms with van der Waals surface area (Å²) in [7, 11) is 0. The van der Waals surface area contributed by atoms with Crippen molar-refractivity contribution < 1.29 is 4.42 Å². The third-order valence-corrected chi connectivity index (χ3v) is 9.28. The average molecular weight is 627 g/mol. The van der Waals surface area contributed by atoms with Crippen LogP contribution in [0.2, 0.25) is 0 Å². The molecule has 0 amide bonds. The quantitative estimate of drug-likeness (QED) is 0.182. The van der Waals surface area contributed by atoms with Crippen LogP contribution in [0.4, 0.5) is 0 Å². The summed E-state index contributed by atoms with van der Waals surface area (Å²) >= 11 is 0. The lowest BCUT2D eigenvalue weighted by molar-refractivity contribution is 0.672. The molecule has 0 saturated carbocycles. The van der Waals surface area contributed by atoms with Gasteiger partial charge < -0.3 is 4.42 Å². The number of fused-ring (bicyclic) bond motifs is 8. The number of aromatic nitrogens is 4. The van der Waals surface area contributed by atoms with Gasteiger partial charge >= 0.3 is 0 Å². The second kappa shape index (κ2) is 10.9. The maximum Gasteiger partial charge on any atom is 0.164 e. The first-order chi connectivity index (χ1) is 24.3. The van der Waals surface area contributed by atoms with E-state index in [0.717, 1.165) is 66.2 Å². The molecule has 0 spiro atoms. The second-order valence-corrected chi connectivity index (χ2v) is 12.3. The maximum atomic E-state index is 6.58. The molecule has 5 heteroatoms. The standard InChI is InChI=1S/C44H26N4O/c1-3-12-28(13-4-1)40-39-36-26-32(22-24-38(36)49-41(39)35-17-9-10-18-37(35)45-40)44-47-42(29-14-5-2-6-15-29)46-43(48-44)31-21-23-34-30(25-31)20-19-27-11-7-8-16-33(27)34/h1-26H. The predicted octanol–water partition coefficient (Wildman–Crippen LogP) is 11.3. The number of nitrogens with zero attached hydrogens (tertiary/aromatic N) is 4. The molecule has 0 unspecified atom stereocenters. The number of pyridine rings is 1. The molecule has 3 heterocycles. The summed E-state index contributed by atoms with van der Waals surface area (Å²) in [4.78, 5) is 20.3. The van der Waals surface area contributed by atoms with Gasteiger partial charge in [0, 0.05) is 33.0 Å². The zero-order valence-electron chi connectivity index (χ0n) is 26.2. The molecule has 228 valence electrons. The van der Waals surface area contributed by atoms with Gasteiger partial charge in [-0.1, -0.05) is 121 Å². The molecule has 5 nitrogen and oxygen atoms in total. The SMILES string of the molecule is c1ccc(-c2nc(-c3ccc4c(ccc5ccccc54)c3)nc(-c3ccc4oc5c6ccccc6nc(-c6ccccc6)c5c4c3)n2)cc1. The maximum absolute atomic E-state index is 6.58. The van der Waals surface area contributed by atoms with Crippen molar-refractivity contribution in [2.45, 2.75) is 0 Å². The molecule has 7 aromatic carbocycles. The van der Waals surface area contributed by atoms with Crippen LogP contribution in [-0.2, 0) is 0 Å². The average Bonchev–Trinajstić information content (AvgIpc) is 3.57. The summed E-state index contributed by atoms with van der Waals surface area (Å²) < 4.78 is 6.58. The molecule has 0 saturated heterocycles. The summed E-state index contributed by atoms with van der Waals surface area (Å²) in [6.07, 6.45) is 0. The molecule has 3 aromatic heterocycles. The van der Waals surface area contributed by atoms with Gasteiger partial charge in [-0.3, -0.25) is 0 Å². The fourth-order valence-corrected chi connectivity index (χ4v) is 6.91. The molecule has 0 aliphatic heterocycles. The fraction of sp³-hybridized carbons (Fsp3) is 0. The smallest absolute Gasteiger partial charge is 0.164 e. The van der Waals surface area contributed by atoms with Crippen molar-refractivity contribution in [3.63, 3.8) is 0 Å². The Hall–Kier alpha value is -6.72. The van der Waals surface area contributed by atoms with Gasteiger partial charge in [0.1, 0.15) is 11.2 Å². The molecule has 10 rings (SSSR count). The molecule has 0 bridgehead atoms. The van der Waals surface area contributed by atoms with Crippen LogP contribution in [0.25, 0.3) is 99.8 Å². The Bertz CT molecular complexity index is 2880. The van der Waals surface area contributed by atoms with Gasteiger partial charge in [0.15, 0.2) is 17.5 Å². The molecular formula is C44H26N4O. The van der Waals surface area contributed by atoms with Crippen molar-refractivity contribution in [1.82, 2.24) is 19.9 Å². The summed E-state index contributed by atoms with van der Waals surface area (Å²) in [6.45, 7) is 0. The molecule has 0 N–H and O–H groups in total. The van der Waals surface area contributed by atoms with Crippen molar-refractivity contribution in [3.05, 3.63) is 158 Å². The third-order valence-electron chi connectivity index (χ3n) is 9.28. The van der Waals surface area contributed by atoms with Crippen LogP contribution in [0.3, 0.4) is 0 Å². The Morgan fingerprint density at radius 3 is 1.76 bits per heavy atom. The Morgan fingerprint density at radius 2 is 0.959 bits per heavy atom. The lowest BCUT2D eigenvalue weighted by Gasteiger charge is -2.10. The normalized spacial score (nSPS) is 11.7. The number of furan rings is 1. The molecule has 0 aliphatic rings. The van der Waals surface area contributed by atoms with E-state index in [2.05, 4.69) is 78.9 Å². The topological polar surface area (TPSA) is 64.7 Å². The number of para-hydroxylation sites is 1. The monoisotopic (exact) mass is 626 g/mol. The van der Waals surface area contributed by atoms with Gasteiger partial charge in [-0.15, -0.1) is 0 Å². The van der Waals surface area contributed by atoms with Crippen LogP contribution >= 0.6 is 0 Å². The molecular weight excluding hydrogens is 601 g/mol. The molecule has 0 fully saturated rings. The van der Waals surface area contributed by atoms with Crippen molar-refractivity contribution in [1.29, 1.82) is 0 Å². The molecule has 0 radical (unpaired) electrons. The first-order valence-electron chi connectivity index (χ1n) is 16.3. The summed E-state index contributed by atoms with van der Waals surface area (Å²) in [5, 5.41) is 7.70. The first kappa shape index (κ1) is 27.4. The van der Waals surface area contributed by atoms with Crippen molar-refractivity contribution >= 4 is 54.4 Å². The van der Waals surface area contributed by atoms with Crippen LogP contribution in [0.15, 0.2) is 162 Å². The van der Waals surface area contributed by atoms with Gasteiger partial charge in [0.2, 0.25) is 0 Å². The van der Waals surface area contributed by atoms with E-state index in [9.17, 15) is 0 Å². The highest BCUT2D eigenvalue weighted by Gasteiger charge is 2.20. The Kier molecular flexibility index (Phi) is 6.11. The van der Waals surface area contributed by atoms with E-state index >= 15 is 0 Å². The summed E-state index contributed by atoms with van der Waals surface area (Å²) in [6, 6.07) is 53.9. The Morgan fingerprint density at radius 1 is 0.367 bits per heavy atom. The zero-order valence-corrected chi connectivity index (χ0v) is 26.2. The summed E-state index contributed by atoms with van der Waals surface area (Å²) in [5.74, 6) is 1.83. The minimum Gasteiger partial charge on any atom is -0.455 e. The van der Waals surface area contributed by atoms with E-state index in [-0.39, 0.29) is 0 Å². The van der Waals surface area contributed by atoms with Crippen LogP contribution in [0, 0.1) is 0 Å². The van der Waals surface area contributed by atoms with E-state index in [1.54, 1.807) is 0 Å².